The number of methoxy groups -OCH3 is 1. The van der Waals surface area contributed by atoms with Crippen molar-refractivity contribution >= 4 is 5.97 Å². The molecule has 0 bridgehead atoms. The second-order valence-corrected chi connectivity index (χ2v) is 10.9. The summed E-state index contributed by atoms with van der Waals surface area (Å²) in [5, 5.41) is 22.8. The number of carbonyl (C=O) groups is 1. The average molecular weight is 431 g/mol. The molecule has 4 aliphatic carbocycles. The summed E-state index contributed by atoms with van der Waals surface area (Å²) < 4.78 is 17.2. The van der Waals surface area contributed by atoms with E-state index in [1.807, 2.05) is 6.92 Å². The third kappa shape index (κ3) is 2.70. The molecule has 6 nitrogen and oxygen atoms in total. The molecule has 3 saturated carbocycles. The number of hydrogen-bond acceptors (Lipinski definition) is 6. The van der Waals surface area contributed by atoms with Gasteiger partial charge < -0.3 is 24.4 Å². The molecule has 0 aromatic carbocycles. The van der Waals surface area contributed by atoms with Crippen LogP contribution in [0.3, 0.4) is 0 Å². The highest BCUT2D eigenvalue weighted by Crippen LogP contribution is 2.68. The molecule has 31 heavy (non-hydrogen) atoms. The van der Waals surface area contributed by atoms with Gasteiger partial charge in [-0.15, -0.1) is 6.42 Å². The van der Waals surface area contributed by atoms with E-state index in [1.165, 1.54) is 7.11 Å². The van der Waals surface area contributed by atoms with Gasteiger partial charge in [-0.25, -0.2) is 0 Å². The molecule has 5 unspecified atom stereocenters. The molecule has 1 saturated heterocycles. The van der Waals surface area contributed by atoms with Crippen LogP contribution in [-0.2, 0) is 19.0 Å². The minimum absolute atomic E-state index is 0.0375. The standard InChI is InChI=1S/C25H34O6/c1-5-24(28)7-6-17-19-16(21(27)29-4)12-15-13-25(30-10-11-31-25)9-8-22(15,2)20(19)18(26)14-23(17,24)3/h1,12,16-20,26,28H,6-11,13-14H2,2-4H3/t16-,17+,18-,19?,20?,22?,23?,24?/m1/s1. The maximum absolute atomic E-state index is 13.0. The molecule has 5 aliphatic rings. The molecule has 4 fully saturated rings. The van der Waals surface area contributed by atoms with Gasteiger partial charge in [0, 0.05) is 18.3 Å². The number of rotatable bonds is 1. The van der Waals surface area contributed by atoms with Crippen molar-refractivity contribution < 1.29 is 29.2 Å². The fourth-order valence-electron chi connectivity index (χ4n) is 8.09. The normalized spacial score (nSPS) is 50.1. The molecule has 1 aliphatic heterocycles. The van der Waals surface area contributed by atoms with E-state index >= 15 is 0 Å². The van der Waals surface area contributed by atoms with E-state index in [2.05, 4.69) is 18.9 Å². The molecule has 6 heteroatoms. The second kappa shape index (κ2) is 6.81. The Kier molecular flexibility index (Phi) is 4.71. The molecule has 0 amide bonds. The Morgan fingerprint density at radius 3 is 2.61 bits per heavy atom. The number of hydrogen-bond donors (Lipinski definition) is 2. The Morgan fingerprint density at radius 2 is 1.97 bits per heavy atom. The van der Waals surface area contributed by atoms with Crippen molar-refractivity contribution in [2.45, 2.75) is 69.9 Å². The van der Waals surface area contributed by atoms with Gasteiger partial charge in [0.1, 0.15) is 5.60 Å². The van der Waals surface area contributed by atoms with Gasteiger partial charge in [0.05, 0.1) is 32.3 Å². The maximum atomic E-state index is 13.0. The Bertz CT molecular complexity index is 853. The summed E-state index contributed by atoms with van der Waals surface area (Å²) in [5.41, 5.74) is -1.03. The predicted octanol–water partition coefficient (Wildman–Crippen LogP) is 2.43. The number of ether oxygens (including phenoxy) is 3. The fourth-order valence-corrected chi connectivity index (χ4v) is 8.09. The summed E-state index contributed by atoms with van der Waals surface area (Å²) in [6.07, 6.45) is 11.1. The first-order valence-electron chi connectivity index (χ1n) is 11.6. The summed E-state index contributed by atoms with van der Waals surface area (Å²) in [6.45, 7) is 5.39. The predicted molar refractivity (Wildman–Crippen MR) is 112 cm³/mol. The Hall–Kier alpha value is -1.39. The van der Waals surface area contributed by atoms with Gasteiger partial charge in [-0.1, -0.05) is 31.4 Å². The molecule has 1 heterocycles. The van der Waals surface area contributed by atoms with Gasteiger partial charge in [-0.2, -0.15) is 0 Å². The van der Waals surface area contributed by atoms with Gasteiger partial charge in [0.2, 0.25) is 0 Å². The molecule has 1 spiro atoms. The lowest BCUT2D eigenvalue weighted by Crippen LogP contribution is -2.62. The number of aliphatic hydroxyl groups is 2. The first kappa shape index (κ1) is 21.5. The number of fused-ring (bicyclic) bond motifs is 5. The van der Waals surface area contributed by atoms with Crippen LogP contribution in [0.25, 0.3) is 0 Å². The number of carbonyl (C=O) groups excluding carboxylic acids is 1. The lowest BCUT2D eigenvalue weighted by Gasteiger charge is -2.62. The van der Waals surface area contributed by atoms with Crippen LogP contribution in [0.4, 0.5) is 0 Å². The zero-order valence-electron chi connectivity index (χ0n) is 18.7. The van der Waals surface area contributed by atoms with E-state index in [9.17, 15) is 15.0 Å². The monoisotopic (exact) mass is 430 g/mol. The molecular formula is C25H34O6. The maximum Gasteiger partial charge on any atom is 0.312 e. The van der Waals surface area contributed by atoms with Crippen molar-refractivity contribution in [1.82, 2.24) is 0 Å². The lowest BCUT2D eigenvalue weighted by molar-refractivity contribution is -0.204. The van der Waals surface area contributed by atoms with Crippen molar-refractivity contribution in [1.29, 1.82) is 0 Å². The Balaban J connectivity index is 1.62. The van der Waals surface area contributed by atoms with Crippen molar-refractivity contribution in [3.63, 3.8) is 0 Å². The summed E-state index contributed by atoms with van der Waals surface area (Å²) in [5.74, 6) is 1.07. The van der Waals surface area contributed by atoms with Crippen LogP contribution in [-0.4, -0.2) is 54.0 Å². The Labute approximate surface area is 184 Å². The molecular weight excluding hydrogens is 396 g/mol. The molecule has 0 radical (unpaired) electrons. The van der Waals surface area contributed by atoms with Crippen LogP contribution < -0.4 is 0 Å². The first-order valence-corrected chi connectivity index (χ1v) is 11.6. The third-order valence-corrected chi connectivity index (χ3v) is 9.78. The summed E-state index contributed by atoms with van der Waals surface area (Å²) in [6, 6.07) is 0. The minimum Gasteiger partial charge on any atom is -0.469 e. The van der Waals surface area contributed by atoms with Crippen LogP contribution in [0.5, 0.6) is 0 Å². The van der Waals surface area contributed by atoms with Crippen LogP contribution in [0.2, 0.25) is 0 Å². The van der Waals surface area contributed by atoms with Crippen molar-refractivity contribution in [3.8, 4) is 12.3 Å². The van der Waals surface area contributed by atoms with Gasteiger partial charge in [0.25, 0.3) is 0 Å². The highest BCUT2D eigenvalue weighted by molar-refractivity contribution is 5.75. The van der Waals surface area contributed by atoms with E-state index in [0.717, 1.165) is 24.8 Å². The minimum atomic E-state index is -1.27. The summed E-state index contributed by atoms with van der Waals surface area (Å²) in [4.78, 5) is 13.0. The van der Waals surface area contributed by atoms with E-state index in [1.54, 1.807) is 0 Å². The van der Waals surface area contributed by atoms with Crippen LogP contribution >= 0.6 is 0 Å². The van der Waals surface area contributed by atoms with Gasteiger partial charge in [0.15, 0.2) is 5.79 Å². The SMILES string of the molecule is C#CC1(O)CC[C@H]2C3C([C@H](O)CC21C)C1(C)CCC2(CC1=C[C@H]3C(=O)OC)OCCO2. The number of terminal acetylenes is 1. The van der Waals surface area contributed by atoms with E-state index in [-0.39, 0.29) is 29.1 Å². The van der Waals surface area contributed by atoms with Gasteiger partial charge in [-0.3, -0.25) is 4.79 Å². The fraction of sp³-hybridized carbons (Fsp3) is 0.800. The quantitative estimate of drug-likeness (QED) is 0.378. The molecule has 170 valence electrons. The third-order valence-electron chi connectivity index (χ3n) is 9.78. The lowest BCUT2D eigenvalue weighted by atomic mass is 9.44. The van der Waals surface area contributed by atoms with Crippen molar-refractivity contribution in [3.05, 3.63) is 11.6 Å². The highest BCUT2D eigenvalue weighted by atomic mass is 16.7. The zero-order valence-corrected chi connectivity index (χ0v) is 18.7. The summed E-state index contributed by atoms with van der Waals surface area (Å²) >= 11 is 0. The van der Waals surface area contributed by atoms with E-state index < -0.39 is 28.8 Å². The van der Waals surface area contributed by atoms with Crippen LogP contribution in [0, 0.1) is 46.8 Å². The summed E-state index contributed by atoms with van der Waals surface area (Å²) in [7, 11) is 1.42. The average Bonchev–Trinajstić information content (AvgIpc) is 3.30. The van der Waals surface area contributed by atoms with Gasteiger partial charge >= 0.3 is 5.97 Å². The van der Waals surface area contributed by atoms with Crippen LogP contribution in [0.15, 0.2) is 11.6 Å². The largest absolute Gasteiger partial charge is 0.469 e. The molecule has 8 atom stereocenters. The second-order valence-electron chi connectivity index (χ2n) is 10.9. The first-order chi connectivity index (χ1) is 14.6. The molecule has 0 aromatic heterocycles. The smallest absolute Gasteiger partial charge is 0.312 e. The van der Waals surface area contributed by atoms with Crippen molar-refractivity contribution in [2.75, 3.05) is 20.3 Å². The Morgan fingerprint density at radius 1 is 1.26 bits per heavy atom. The number of aliphatic hydroxyl groups excluding tert-OH is 1. The molecule has 5 rings (SSSR count). The van der Waals surface area contributed by atoms with E-state index in [0.29, 0.717) is 32.5 Å². The zero-order chi connectivity index (χ0) is 22.2. The highest BCUT2D eigenvalue weighted by Gasteiger charge is 2.68. The number of esters is 1. The van der Waals surface area contributed by atoms with E-state index in [4.69, 9.17) is 20.6 Å². The molecule has 0 aromatic rings. The van der Waals surface area contributed by atoms with Gasteiger partial charge in [-0.05, 0) is 48.9 Å². The molecule has 2 N–H and O–H groups in total. The topological polar surface area (TPSA) is 85.2 Å². The van der Waals surface area contributed by atoms with Crippen LogP contribution in [0.1, 0.15) is 52.4 Å². The van der Waals surface area contributed by atoms with Crippen molar-refractivity contribution in [2.24, 2.45) is 34.5 Å².